The van der Waals surface area contributed by atoms with Crippen LogP contribution in [-0.2, 0) is 11.3 Å². The van der Waals surface area contributed by atoms with Gasteiger partial charge in [-0.05, 0) is 30.3 Å². The average Bonchev–Trinajstić information content (AvgIpc) is 2.96. The molecule has 0 aliphatic rings. The SMILES string of the molecule is COCc1c(C(=O)Nc2ccc(OC(F)F)cc2)oc2ccccc12. The molecule has 3 rings (SSSR count). The van der Waals surface area contributed by atoms with Crippen LogP contribution in [0.15, 0.2) is 52.9 Å². The third-order valence-electron chi connectivity index (χ3n) is 3.53. The topological polar surface area (TPSA) is 60.7 Å². The van der Waals surface area contributed by atoms with E-state index in [2.05, 4.69) is 10.1 Å². The molecule has 1 N–H and O–H groups in total. The molecule has 0 atom stereocenters. The molecule has 5 nitrogen and oxygen atoms in total. The molecule has 0 aliphatic carbocycles. The van der Waals surface area contributed by atoms with Gasteiger partial charge >= 0.3 is 6.61 Å². The first-order chi connectivity index (χ1) is 12.1. The summed E-state index contributed by atoms with van der Waals surface area (Å²) in [6.45, 7) is -2.67. The van der Waals surface area contributed by atoms with Crippen LogP contribution in [0.1, 0.15) is 16.1 Å². The van der Waals surface area contributed by atoms with Gasteiger partial charge in [0.05, 0.1) is 6.61 Å². The van der Waals surface area contributed by atoms with Gasteiger partial charge in [0.1, 0.15) is 11.3 Å². The molecule has 2 aromatic carbocycles. The van der Waals surface area contributed by atoms with Crippen LogP contribution in [0.3, 0.4) is 0 Å². The molecular weight excluding hydrogens is 332 g/mol. The molecule has 0 saturated heterocycles. The van der Waals surface area contributed by atoms with E-state index in [9.17, 15) is 13.6 Å². The molecule has 0 fully saturated rings. The predicted molar refractivity (Wildman–Crippen MR) is 88.0 cm³/mol. The van der Waals surface area contributed by atoms with Crippen LogP contribution < -0.4 is 10.1 Å². The number of anilines is 1. The van der Waals surface area contributed by atoms with Crippen LogP contribution in [-0.4, -0.2) is 19.6 Å². The second kappa shape index (κ2) is 7.31. The summed E-state index contributed by atoms with van der Waals surface area (Å²) >= 11 is 0. The first kappa shape index (κ1) is 16.9. The molecular formula is C18H15F2NO4. The van der Waals surface area contributed by atoms with E-state index < -0.39 is 12.5 Å². The minimum Gasteiger partial charge on any atom is -0.451 e. The van der Waals surface area contributed by atoms with Gasteiger partial charge in [0.25, 0.3) is 5.91 Å². The first-order valence-electron chi connectivity index (χ1n) is 7.44. The first-order valence-corrected chi connectivity index (χ1v) is 7.44. The number of hydrogen-bond acceptors (Lipinski definition) is 4. The molecule has 3 aromatic rings. The lowest BCUT2D eigenvalue weighted by Crippen LogP contribution is -2.13. The third-order valence-corrected chi connectivity index (χ3v) is 3.53. The number of methoxy groups -OCH3 is 1. The summed E-state index contributed by atoms with van der Waals surface area (Å²) in [7, 11) is 1.53. The van der Waals surface area contributed by atoms with Crippen molar-refractivity contribution in [1.29, 1.82) is 0 Å². The molecule has 1 amide bonds. The van der Waals surface area contributed by atoms with Crippen LogP contribution in [0.25, 0.3) is 11.0 Å². The smallest absolute Gasteiger partial charge is 0.387 e. The zero-order chi connectivity index (χ0) is 17.8. The van der Waals surface area contributed by atoms with E-state index in [1.54, 1.807) is 6.07 Å². The van der Waals surface area contributed by atoms with Crippen molar-refractivity contribution in [2.45, 2.75) is 13.2 Å². The number of amides is 1. The van der Waals surface area contributed by atoms with Gasteiger partial charge in [0, 0.05) is 23.7 Å². The summed E-state index contributed by atoms with van der Waals surface area (Å²) in [4.78, 5) is 12.5. The largest absolute Gasteiger partial charge is 0.451 e. The van der Waals surface area contributed by atoms with E-state index in [0.29, 0.717) is 16.8 Å². The van der Waals surface area contributed by atoms with E-state index >= 15 is 0 Å². The van der Waals surface area contributed by atoms with Crippen molar-refractivity contribution in [1.82, 2.24) is 0 Å². The lowest BCUT2D eigenvalue weighted by Gasteiger charge is -2.07. The Kier molecular flexibility index (Phi) is 4.95. The number of carbonyl (C=O) groups excluding carboxylic acids is 1. The van der Waals surface area contributed by atoms with Crippen LogP contribution in [0.2, 0.25) is 0 Å². The summed E-state index contributed by atoms with van der Waals surface area (Å²) in [5, 5.41) is 3.47. The highest BCUT2D eigenvalue weighted by molar-refractivity contribution is 6.06. The van der Waals surface area contributed by atoms with Crippen LogP contribution in [0, 0.1) is 0 Å². The Hall–Kier alpha value is -2.93. The van der Waals surface area contributed by atoms with E-state index in [0.717, 1.165) is 5.39 Å². The Balaban J connectivity index is 1.83. The number of furan rings is 1. The number of rotatable bonds is 6. The summed E-state index contributed by atoms with van der Waals surface area (Å²) in [6, 6.07) is 12.9. The van der Waals surface area contributed by atoms with Crippen molar-refractivity contribution < 1.29 is 27.5 Å². The van der Waals surface area contributed by atoms with Crippen molar-refractivity contribution in [2.75, 3.05) is 12.4 Å². The number of carbonyl (C=O) groups is 1. The Morgan fingerprint density at radius 2 is 1.88 bits per heavy atom. The number of para-hydroxylation sites is 1. The van der Waals surface area contributed by atoms with E-state index in [1.165, 1.54) is 31.4 Å². The molecule has 0 unspecified atom stereocenters. The van der Waals surface area contributed by atoms with Gasteiger partial charge in [-0.3, -0.25) is 4.79 Å². The van der Waals surface area contributed by atoms with Crippen molar-refractivity contribution in [3.8, 4) is 5.75 Å². The fraction of sp³-hybridized carbons (Fsp3) is 0.167. The highest BCUT2D eigenvalue weighted by Gasteiger charge is 2.20. The normalized spacial score (nSPS) is 11.0. The highest BCUT2D eigenvalue weighted by atomic mass is 19.3. The number of fused-ring (bicyclic) bond motifs is 1. The van der Waals surface area contributed by atoms with Gasteiger partial charge in [0.15, 0.2) is 5.76 Å². The maximum absolute atomic E-state index is 12.5. The van der Waals surface area contributed by atoms with Crippen LogP contribution >= 0.6 is 0 Å². The van der Waals surface area contributed by atoms with E-state index in [-0.39, 0.29) is 18.1 Å². The summed E-state index contributed by atoms with van der Waals surface area (Å²) < 4.78 is 39.4. The predicted octanol–water partition coefficient (Wildman–Crippen LogP) is 4.43. The van der Waals surface area contributed by atoms with E-state index in [1.807, 2.05) is 18.2 Å². The molecule has 0 spiro atoms. The molecule has 7 heteroatoms. The quantitative estimate of drug-likeness (QED) is 0.716. The van der Waals surface area contributed by atoms with Crippen molar-refractivity contribution in [3.63, 3.8) is 0 Å². The van der Waals surface area contributed by atoms with Crippen molar-refractivity contribution >= 4 is 22.6 Å². The Morgan fingerprint density at radius 1 is 1.16 bits per heavy atom. The maximum Gasteiger partial charge on any atom is 0.387 e. The lowest BCUT2D eigenvalue weighted by molar-refractivity contribution is -0.0498. The highest BCUT2D eigenvalue weighted by Crippen LogP contribution is 2.27. The number of benzene rings is 2. The van der Waals surface area contributed by atoms with Gasteiger partial charge in [-0.2, -0.15) is 8.78 Å². The second-order valence-electron chi connectivity index (χ2n) is 5.20. The van der Waals surface area contributed by atoms with E-state index in [4.69, 9.17) is 9.15 Å². The Labute approximate surface area is 142 Å². The molecule has 0 radical (unpaired) electrons. The molecule has 1 aromatic heterocycles. The molecule has 1 heterocycles. The van der Waals surface area contributed by atoms with Crippen LogP contribution in [0.5, 0.6) is 5.75 Å². The zero-order valence-electron chi connectivity index (χ0n) is 13.3. The minimum atomic E-state index is -2.90. The van der Waals surface area contributed by atoms with Gasteiger partial charge in [-0.25, -0.2) is 0 Å². The zero-order valence-corrected chi connectivity index (χ0v) is 13.3. The average molecular weight is 347 g/mol. The second-order valence-corrected chi connectivity index (χ2v) is 5.20. The number of halogens is 2. The van der Waals surface area contributed by atoms with Crippen LogP contribution in [0.4, 0.5) is 14.5 Å². The number of hydrogen-bond donors (Lipinski definition) is 1. The Morgan fingerprint density at radius 3 is 2.56 bits per heavy atom. The summed E-state index contributed by atoms with van der Waals surface area (Å²) in [6.07, 6.45) is 0. The number of alkyl halides is 2. The van der Waals surface area contributed by atoms with Gasteiger partial charge in [-0.15, -0.1) is 0 Å². The standard InChI is InChI=1S/C18H15F2NO4/c1-23-10-14-13-4-2-3-5-15(13)25-16(14)17(22)21-11-6-8-12(9-7-11)24-18(19)20/h2-9,18H,10H2,1H3,(H,21,22). The molecule has 0 bridgehead atoms. The van der Waals surface area contributed by atoms with Gasteiger partial charge < -0.3 is 19.2 Å². The molecule has 130 valence electrons. The van der Waals surface area contributed by atoms with Gasteiger partial charge in [-0.1, -0.05) is 18.2 Å². The number of nitrogens with one attached hydrogen (secondary N) is 1. The summed E-state index contributed by atoms with van der Waals surface area (Å²) in [5.74, 6) is -0.293. The van der Waals surface area contributed by atoms with Crippen molar-refractivity contribution in [3.05, 3.63) is 59.9 Å². The Bertz CT molecular complexity index is 874. The fourth-order valence-corrected chi connectivity index (χ4v) is 2.48. The fourth-order valence-electron chi connectivity index (χ4n) is 2.48. The maximum atomic E-state index is 12.5. The molecule has 0 saturated carbocycles. The molecule has 25 heavy (non-hydrogen) atoms. The van der Waals surface area contributed by atoms with Crippen molar-refractivity contribution in [2.24, 2.45) is 0 Å². The lowest BCUT2D eigenvalue weighted by atomic mass is 10.1. The minimum absolute atomic E-state index is 0.0109. The number of ether oxygens (including phenoxy) is 2. The monoisotopic (exact) mass is 347 g/mol. The van der Waals surface area contributed by atoms with Gasteiger partial charge in [0.2, 0.25) is 0 Å². The third kappa shape index (κ3) is 3.77. The summed E-state index contributed by atoms with van der Waals surface area (Å²) in [5.41, 5.74) is 1.66. The molecule has 0 aliphatic heterocycles.